The minimum absolute atomic E-state index is 0.0828. The standard InChI is InChI=1S/C15H24BrNO3/c1-5-6-20-14-8-12(16)11(7-13(14)19-4)9-17-15(2,3)10-18/h7-8,17-18H,5-6,9-10H2,1-4H3. The zero-order valence-corrected chi connectivity index (χ0v) is 14.2. The van der Waals surface area contributed by atoms with E-state index in [1.54, 1.807) is 7.11 Å². The van der Waals surface area contributed by atoms with Crippen LogP contribution in [0.15, 0.2) is 16.6 Å². The second kappa shape index (κ2) is 7.86. The average molecular weight is 346 g/mol. The second-order valence-electron chi connectivity index (χ2n) is 5.34. The van der Waals surface area contributed by atoms with Crippen molar-refractivity contribution in [1.82, 2.24) is 5.32 Å². The Labute approximate surface area is 129 Å². The van der Waals surface area contributed by atoms with Crippen LogP contribution in [0, 0.1) is 0 Å². The zero-order valence-electron chi connectivity index (χ0n) is 12.6. The van der Waals surface area contributed by atoms with E-state index in [-0.39, 0.29) is 12.1 Å². The second-order valence-corrected chi connectivity index (χ2v) is 6.19. The molecule has 1 rings (SSSR count). The number of aliphatic hydroxyl groups excluding tert-OH is 1. The Bertz CT molecular complexity index is 435. The Morgan fingerprint density at radius 3 is 2.55 bits per heavy atom. The van der Waals surface area contributed by atoms with Crippen molar-refractivity contribution in [3.63, 3.8) is 0 Å². The topological polar surface area (TPSA) is 50.7 Å². The predicted octanol–water partition coefficient (Wildman–Crippen LogP) is 3.11. The molecule has 0 aromatic heterocycles. The molecule has 0 amide bonds. The van der Waals surface area contributed by atoms with Crippen molar-refractivity contribution in [1.29, 1.82) is 0 Å². The number of rotatable bonds is 8. The molecule has 0 aliphatic heterocycles. The number of halogens is 1. The number of benzene rings is 1. The van der Waals surface area contributed by atoms with E-state index in [4.69, 9.17) is 9.47 Å². The molecule has 114 valence electrons. The third-order valence-corrected chi connectivity index (χ3v) is 3.69. The van der Waals surface area contributed by atoms with Gasteiger partial charge in [-0.15, -0.1) is 0 Å². The summed E-state index contributed by atoms with van der Waals surface area (Å²) in [6, 6.07) is 3.88. The largest absolute Gasteiger partial charge is 0.493 e. The Morgan fingerprint density at radius 1 is 1.30 bits per heavy atom. The van der Waals surface area contributed by atoms with Gasteiger partial charge in [0.2, 0.25) is 0 Å². The minimum atomic E-state index is -0.315. The molecule has 0 heterocycles. The van der Waals surface area contributed by atoms with Gasteiger partial charge < -0.3 is 19.9 Å². The van der Waals surface area contributed by atoms with Crippen LogP contribution in [0.5, 0.6) is 11.5 Å². The van der Waals surface area contributed by atoms with Gasteiger partial charge in [0.15, 0.2) is 11.5 Å². The van der Waals surface area contributed by atoms with Crippen LogP contribution in [-0.4, -0.2) is 31.0 Å². The van der Waals surface area contributed by atoms with Gasteiger partial charge in [-0.05, 0) is 38.0 Å². The van der Waals surface area contributed by atoms with Crippen LogP contribution in [0.2, 0.25) is 0 Å². The molecule has 0 unspecified atom stereocenters. The monoisotopic (exact) mass is 345 g/mol. The molecule has 0 bridgehead atoms. The van der Waals surface area contributed by atoms with E-state index in [9.17, 15) is 5.11 Å². The molecule has 0 fully saturated rings. The number of ether oxygens (including phenoxy) is 2. The lowest BCUT2D eigenvalue weighted by molar-refractivity contribution is 0.187. The Hall–Kier alpha value is -0.780. The van der Waals surface area contributed by atoms with E-state index in [1.165, 1.54) is 0 Å². The van der Waals surface area contributed by atoms with Gasteiger partial charge >= 0.3 is 0 Å². The molecule has 4 nitrogen and oxygen atoms in total. The third-order valence-electron chi connectivity index (χ3n) is 2.95. The maximum atomic E-state index is 9.26. The summed E-state index contributed by atoms with van der Waals surface area (Å²) in [5.74, 6) is 1.46. The first-order chi connectivity index (χ1) is 9.43. The summed E-state index contributed by atoms with van der Waals surface area (Å²) in [5, 5.41) is 12.6. The first-order valence-electron chi connectivity index (χ1n) is 6.78. The highest BCUT2D eigenvalue weighted by Crippen LogP contribution is 2.33. The van der Waals surface area contributed by atoms with Crippen molar-refractivity contribution in [3.05, 3.63) is 22.2 Å². The molecule has 0 aliphatic carbocycles. The van der Waals surface area contributed by atoms with Crippen LogP contribution >= 0.6 is 15.9 Å². The molecule has 1 aromatic rings. The van der Waals surface area contributed by atoms with Crippen LogP contribution < -0.4 is 14.8 Å². The molecular formula is C15H24BrNO3. The van der Waals surface area contributed by atoms with Gasteiger partial charge in [-0.25, -0.2) is 0 Å². The van der Waals surface area contributed by atoms with Gasteiger partial charge in [-0.3, -0.25) is 0 Å². The van der Waals surface area contributed by atoms with E-state index >= 15 is 0 Å². The highest BCUT2D eigenvalue weighted by molar-refractivity contribution is 9.10. The number of hydrogen-bond donors (Lipinski definition) is 2. The lowest BCUT2D eigenvalue weighted by Gasteiger charge is -2.24. The Kier molecular flexibility index (Phi) is 6.79. The van der Waals surface area contributed by atoms with Crippen molar-refractivity contribution in [2.75, 3.05) is 20.3 Å². The summed E-state index contributed by atoms with van der Waals surface area (Å²) in [7, 11) is 1.64. The molecule has 0 spiro atoms. The summed E-state index contributed by atoms with van der Waals surface area (Å²) in [5.41, 5.74) is 0.747. The predicted molar refractivity (Wildman–Crippen MR) is 84.5 cm³/mol. The molecule has 1 aromatic carbocycles. The zero-order chi connectivity index (χ0) is 15.2. The van der Waals surface area contributed by atoms with E-state index in [0.29, 0.717) is 13.2 Å². The van der Waals surface area contributed by atoms with E-state index in [2.05, 4.69) is 28.2 Å². The normalized spacial score (nSPS) is 11.5. The van der Waals surface area contributed by atoms with Crippen LogP contribution in [0.25, 0.3) is 0 Å². The van der Waals surface area contributed by atoms with Gasteiger partial charge in [0.1, 0.15) is 0 Å². The molecule has 0 atom stereocenters. The lowest BCUT2D eigenvalue weighted by atomic mass is 10.1. The fraction of sp³-hybridized carbons (Fsp3) is 0.600. The van der Waals surface area contributed by atoms with E-state index < -0.39 is 0 Å². The van der Waals surface area contributed by atoms with Crippen LogP contribution in [0.1, 0.15) is 32.8 Å². The maximum absolute atomic E-state index is 9.26. The molecule has 0 saturated carbocycles. The quantitative estimate of drug-likeness (QED) is 0.760. The smallest absolute Gasteiger partial charge is 0.162 e. The molecule has 2 N–H and O–H groups in total. The summed E-state index contributed by atoms with van der Waals surface area (Å²) in [6.45, 7) is 7.36. The van der Waals surface area contributed by atoms with E-state index in [1.807, 2.05) is 26.0 Å². The van der Waals surface area contributed by atoms with Gasteiger partial charge in [-0.2, -0.15) is 0 Å². The maximum Gasteiger partial charge on any atom is 0.162 e. The fourth-order valence-corrected chi connectivity index (χ4v) is 2.05. The molecule has 0 saturated heterocycles. The van der Waals surface area contributed by atoms with Crippen molar-refractivity contribution in [2.24, 2.45) is 0 Å². The van der Waals surface area contributed by atoms with Crippen LogP contribution in [0.3, 0.4) is 0 Å². The summed E-state index contributed by atoms with van der Waals surface area (Å²) < 4.78 is 12.0. The van der Waals surface area contributed by atoms with Crippen molar-refractivity contribution < 1.29 is 14.6 Å². The van der Waals surface area contributed by atoms with Crippen molar-refractivity contribution in [2.45, 2.75) is 39.3 Å². The fourth-order valence-electron chi connectivity index (χ4n) is 1.59. The van der Waals surface area contributed by atoms with Gasteiger partial charge in [0.05, 0.1) is 20.3 Å². The summed E-state index contributed by atoms with van der Waals surface area (Å²) in [4.78, 5) is 0. The van der Waals surface area contributed by atoms with Gasteiger partial charge in [-0.1, -0.05) is 22.9 Å². The average Bonchev–Trinajstić information content (AvgIpc) is 2.43. The lowest BCUT2D eigenvalue weighted by Crippen LogP contribution is -2.42. The highest BCUT2D eigenvalue weighted by atomic mass is 79.9. The first kappa shape index (κ1) is 17.3. The van der Waals surface area contributed by atoms with E-state index in [0.717, 1.165) is 28.0 Å². The minimum Gasteiger partial charge on any atom is -0.493 e. The van der Waals surface area contributed by atoms with Gasteiger partial charge in [0.25, 0.3) is 0 Å². The molecular weight excluding hydrogens is 322 g/mol. The molecule has 0 aliphatic rings. The molecule has 5 heteroatoms. The Balaban J connectivity index is 2.87. The van der Waals surface area contributed by atoms with Crippen molar-refractivity contribution in [3.8, 4) is 11.5 Å². The summed E-state index contributed by atoms with van der Waals surface area (Å²) in [6.07, 6.45) is 0.953. The molecule has 20 heavy (non-hydrogen) atoms. The van der Waals surface area contributed by atoms with Crippen LogP contribution in [-0.2, 0) is 6.54 Å². The Morgan fingerprint density at radius 2 is 2.00 bits per heavy atom. The number of hydrogen-bond acceptors (Lipinski definition) is 4. The summed E-state index contributed by atoms with van der Waals surface area (Å²) >= 11 is 3.55. The van der Waals surface area contributed by atoms with Crippen LogP contribution in [0.4, 0.5) is 0 Å². The molecule has 0 radical (unpaired) electrons. The number of aliphatic hydroxyl groups is 1. The third kappa shape index (κ3) is 4.96. The SMILES string of the molecule is CCCOc1cc(Br)c(CNC(C)(C)CO)cc1OC. The van der Waals surface area contributed by atoms with Crippen molar-refractivity contribution >= 4 is 15.9 Å². The number of methoxy groups -OCH3 is 1. The number of nitrogens with one attached hydrogen (secondary N) is 1. The first-order valence-corrected chi connectivity index (χ1v) is 7.58. The van der Waals surface area contributed by atoms with Gasteiger partial charge in [0, 0.05) is 16.6 Å². The highest BCUT2D eigenvalue weighted by Gasteiger charge is 2.17.